The number of benzene rings is 1. The molecule has 1 aromatic carbocycles. The molecule has 0 aromatic heterocycles. The summed E-state index contributed by atoms with van der Waals surface area (Å²) in [5.41, 5.74) is 0.680. The van der Waals surface area contributed by atoms with E-state index in [4.69, 9.17) is 4.74 Å². The normalized spacial score (nSPS) is 11.1. The number of carbonyl (C=O) groups excluding carboxylic acids is 1. The lowest BCUT2D eigenvalue weighted by Gasteiger charge is -2.06. The Kier molecular flexibility index (Phi) is 3.14. The minimum atomic E-state index is -3.82. The van der Waals surface area contributed by atoms with Gasteiger partial charge in [-0.15, -0.1) is 0 Å². The van der Waals surface area contributed by atoms with Crippen molar-refractivity contribution in [3.05, 3.63) is 23.8 Å². The van der Waals surface area contributed by atoms with E-state index in [-0.39, 0.29) is 4.90 Å². The maximum atomic E-state index is 11.5. The zero-order valence-electron chi connectivity index (χ0n) is 8.77. The minimum absolute atomic E-state index is 0.00769. The molecule has 1 rings (SSSR count). The van der Waals surface area contributed by atoms with E-state index < -0.39 is 15.0 Å². The summed E-state index contributed by atoms with van der Waals surface area (Å²) in [4.78, 5) is 10.9. The topological polar surface area (TPSA) is 60.4 Å². The zero-order valence-corrected chi connectivity index (χ0v) is 9.59. The Morgan fingerprint density at radius 3 is 2.33 bits per heavy atom. The van der Waals surface area contributed by atoms with Gasteiger partial charge in [-0.1, -0.05) is 0 Å². The molecule has 0 spiro atoms. The average molecular weight is 228 g/mol. The van der Waals surface area contributed by atoms with E-state index in [9.17, 15) is 13.2 Å². The van der Waals surface area contributed by atoms with E-state index in [1.54, 1.807) is 6.92 Å². The molecule has 5 heteroatoms. The third-order valence-electron chi connectivity index (χ3n) is 2.06. The van der Waals surface area contributed by atoms with Crippen LogP contribution in [0.1, 0.15) is 12.5 Å². The lowest BCUT2D eigenvalue weighted by Crippen LogP contribution is -2.11. The molecular formula is C10H12O4S. The summed E-state index contributed by atoms with van der Waals surface area (Å²) in [5.74, 6) is 0.595. The molecule has 0 bridgehead atoms. The Bertz CT molecular complexity index is 488. The maximum absolute atomic E-state index is 11.5. The molecule has 0 aliphatic heterocycles. The average Bonchev–Trinajstić information content (AvgIpc) is 2.17. The second-order valence-electron chi connectivity index (χ2n) is 3.13. The zero-order chi connectivity index (χ0) is 11.6. The highest BCUT2D eigenvalue weighted by atomic mass is 32.2. The second kappa shape index (κ2) is 4.02. The molecule has 0 saturated carbocycles. The first-order valence-electron chi connectivity index (χ1n) is 4.30. The van der Waals surface area contributed by atoms with Crippen molar-refractivity contribution in [1.82, 2.24) is 0 Å². The highest BCUT2D eigenvalue weighted by molar-refractivity contribution is 8.06. The smallest absolute Gasteiger partial charge is 0.248 e. The van der Waals surface area contributed by atoms with Gasteiger partial charge in [-0.25, -0.2) is 8.42 Å². The van der Waals surface area contributed by atoms with Crippen molar-refractivity contribution in [2.45, 2.75) is 18.7 Å². The van der Waals surface area contributed by atoms with E-state index >= 15 is 0 Å². The van der Waals surface area contributed by atoms with Crippen LogP contribution in [0.15, 0.2) is 23.1 Å². The molecule has 4 nitrogen and oxygen atoms in total. The van der Waals surface area contributed by atoms with E-state index in [0.717, 1.165) is 6.92 Å². The van der Waals surface area contributed by atoms with Gasteiger partial charge < -0.3 is 4.74 Å². The molecule has 1 aromatic rings. The molecule has 0 heterocycles. The first kappa shape index (κ1) is 11.7. The predicted octanol–water partition coefficient (Wildman–Crippen LogP) is 1.32. The lowest BCUT2D eigenvalue weighted by atomic mass is 10.2. The van der Waals surface area contributed by atoms with Crippen LogP contribution < -0.4 is 4.74 Å². The molecule has 0 aliphatic rings. The number of methoxy groups -OCH3 is 1. The summed E-state index contributed by atoms with van der Waals surface area (Å²) >= 11 is 0. The van der Waals surface area contributed by atoms with Gasteiger partial charge in [0.15, 0.2) is 0 Å². The largest absolute Gasteiger partial charge is 0.496 e. The van der Waals surface area contributed by atoms with Crippen molar-refractivity contribution < 1.29 is 17.9 Å². The Labute approximate surface area is 88.8 Å². The van der Waals surface area contributed by atoms with Crippen molar-refractivity contribution in [2.24, 2.45) is 0 Å². The highest BCUT2D eigenvalue weighted by Gasteiger charge is 2.20. The quantitative estimate of drug-likeness (QED) is 0.766. The van der Waals surface area contributed by atoms with Gasteiger partial charge in [0, 0.05) is 6.92 Å². The molecule has 0 saturated heterocycles. The SMILES string of the molecule is COc1ccc(S(=O)(=O)C(C)=O)cc1C. The van der Waals surface area contributed by atoms with Crippen LogP contribution in [-0.2, 0) is 14.6 Å². The van der Waals surface area contributed by atoms with Crippen LogP contribution in [0.5, 0.6) is 5.75 Å². The highest BCUT2D eigenvalue weighted by Crippen LogP contribution is 2.22. The molecule has 0 atom stereocenters. The molecule has 0 amide bonds. The monoisotopic (exact) mass is 228 g/mol. The number of sulfone groups is 1. The van der Waals surface area contributed by atoms with Crippen molar-refractivity contribution in [2.75, 3.05) is 7.11 Å². The van der Waals surface area contributed by atoms with Gasteiger partial charge in [-0.2, -0.15) is 0 Å². The number of aryl methyl sites for hydroxylation is 1. The van der Waals surface area contributed by atoms with Gasteiger partial charge in [-0.3, -0.25) is 4.79 Å². The molecule has 0 radical (unpaired) electrons. The van der Waals surface area contributed by atoms with Crippen molar-refractivity contribution in [3.63, 3.8) is 0 Å². The van der Waals surface area contributed by atoms with Gasteiger partial charge >= 0.3 is 0 Å². The molecule has 0 N–H and O–H groups in total. The molecule has 15 heavy (non-hydrogen) atoms. The number of hydrogen-bond donors (Lipinski definition) is 0. The van der Waals surface area contributed by atoms with Gasteiger partial charge in [0.05, 0.1) is 12.0 Å². The summed E-state index contributed by atoms with van der Waals surface area (Å²) < 4.78 is 28.0. The molecule has 0 fully saturated rings. The molecule has 82 valence electrons. The van der Waals surface area contributed by atoms with Gasteiger partial charge in [0.25, 0.3) is 0 Å². The fraction of sp³-hybridized carbons (Fsp3) is 0.300. The predicted molar refractivity (Wildman–Crippen MR) is 55.6 cm³/mol. The van der Waals surface area contributed by atoms with E-state index in [1.165, 1.54) is 25.3 Å². The third kappa shape index (κ3) is 2.18. The molecule has 0 aliphatic carbocycles. The van der Waals surface area contributed by atoms with Crippen LogP contribution in [0.25, 0.3) is 0 Å². The lowest BCUT2D eigenvalue weighted by molar-refractivity contribution is -0.109. The van der Waals surface area contributed by atoms with Gasteiger partial charge in [-0.05, 0) is 30.7 Å². The van der Waals surface area contributed by atoms with E-state index in [1.807, 2.05) is 0 Å². The van der Waals surface area contributed by atoms with Crippen LogP contribution in [-0.4, -0.2) is 20.6 Å². The minimum Gasteiger partial charge on any atom is -0.496 e. The van der Waals surface area contributed by atoms with Crippen LogP contribution in [0.2, 0.25) is 0 Å². The fourth-order valence-electron chi connectivity index (χ4n) is 1.18. The maximum Gasteiger partial charge on any atom is 0.248 e. The van der Waals surface area contributed by atoms with Crippen LogP contribution >= 0.6 is 0 Å². The first-order chi connectivity index (χ1) is 6.89. The number of carbonyl (C=O) groups is 1. The standard InChI is InChI=1S/C10H12O4S/c1-7-6-9(4-5-10(7)14-3)15(12,13)8(2)11/h4-6H,1-3H3. The van der Waals surface area contributed by atoms with Crippen LogP contribution in [0.3, 0.4) is 0 Å². The van der Waals surface area contributed by atoms with Crippen molar-refractivity contribution in [3.8, 4) is 5.75 Å². The summed E-state index contributed by atoms with van der Waals surface area (Å²) in [6.07, 6.45) is 0. The first-order valence-corrected chi connectivity index (χ1v) is 5.78. The summed E-state index contributed by atoms with van der Waals surface area (Å²) in [5, 5.41) is -0.855. The van der Waals surface area contributed by atoms with Crippen LogP contribution in [0.4, 0.5) is 0 Å². The number of rotatable bonds is 2. The van der Waals surface area contributed by atoms with Gasteiger partial charge in [0.2, 0.25) is 15.0 Å². The Morgan fingerprint density at radius 2 is 1.93 bits per heavy atom. The molecular weight excluding hydrogens is 216 g/mol. The summed E-state index contributed by atoms with van der Waals surface area (Å²) in [6.45, 7) is 2.76. The van der Waals surface area contributed by atoms with Gasteiger partial charge in [0.1, 0.15) is 5.75 Å². The Morgan fingerprint density at radius 1 is 1.33 bits per heavy atom. The summed E-state index contributed by atoms with van der Waals surface area (Å²) in [6, 6.07) is 4.32. The van der Waals surface area contributed by atoms with E-state index in [0.29, 0.717) is 11.3 Å². The number of hydrogen-bond acceptors (Lipinski definition) is 4. The third-order valence-corrected chi connectivity index (χ3v) is 3.69. The van der Waals surface area contributed by atoms with Crippen LogP contribution in [0, 0.1) is 6.92 Å². The van der Waals surface area contributed by atoms with E-state index in [2.05, 4.69) is 0 Å². The molecule has 0 unspecified atom stereocenters. The Hall–Kier alpha value is -1.36. The van der Waals surface area contributed by atoms with Crippen molar-refractivity contribution in [1.29, 1.82) is 0 Å². The number of ether oxygens (including phenoxy) is 1. The second-order valence-corrected chi connectivity index (χ2v) is 5.18. The summed E-state index contributed by atoms with van der Waals surface area (Å²) in [7, 11) is -2.32. The fourth-order valence-corrected chi connectivity index (χ4v) is 2.10. The van der Waals surface area contributed by atoms with Crippen molar-refractivity contribution >= 4 is 15.0 Å². The Balaban J connectivity index is 3.31.